The molecule has 0 spiro atoms. The van der Waals surface area contributed by atoms with E-state index >= 15 is 0 Å². The molecule has 2 aromatic heterocycles. The quantitative estimate of drug-likeness (QED) is 0.370. The van der Waals surface area contributed by atoms with Gasteiger partial charge in [-0.15, -0.1) is 0 Å². The molecule has 5 nitrogen and oxygen atoms in total. The van der Waals surface area contributed by atoms with Gasteiger partial charge in [0.2, 0.25) is 11.1 Å². The molecule has 0 aliphatic carbocycles. The van der Waals surface area contributed by atoms with Crippen molar-refractivity contribution in [2.45, 2.75) is 13.8 Å². The molecule has 5 heteroatoms. The highest BCUT2D eigenvalue weighted by atomic mass is 16.3. The highest BCUT2D eigenvalue weighted by molar-refractivity contribution is 6.10. The summed E-state index contributed by atoms with van der Waals surface area (Å²) in [5.74, 6) is -0.342. The molecule has 5 rings (SSSR count). The number of amides is 1. The third kappa shape index (κ3) is 3.54. The predicted octanol–water partition coefficient (Wildman–Crippen LogP) is 5.88. The number of aromatic nitrogens is 1. The summed E-state index contributed by atoms with van der Waals surface area (Å²) in [4.78, 5) is 31.1. The first kappa shape index (κ1) is 19.7. The van der Waals surface area contributed by atoms with Crippen molar-refractivity contribution in [1.82, 2.24) is 4.98 Å². The monoisotopic (exact) mass is 420 g/mol. The highest BCUT2D eigenvalue weighted by Crippen LogP contribution is 2.27. The zero-order valence-electron chi connectivity index (χ0n) is 17.7. The Morgan fingerprint density at radius 3 is 2.31 bits per heavy atom. The number of pyridine rings is 1. The molecule has 0 unspecified atom stereocenters. The number of nitrogens with zero attached hydrogens (tertiary/aromatic N) is 1. The Kier molecular flexibility index (Phi) is 4.79. The third-order valence-electron chi connectivity index (χ3n) is 5.42. The molecule has 0 aliphatic heterocycles. The molecule has 156 valence electrons. The van der Waals surface area contributed by atoms with Crippen LogP contribution in [0.15, 0.2) is 88.1 Å². The molecule has 0 aliphatic rings. The maximum Gasteiger partial charge on any atom is 0.257 e. The van der Waals surface area contributed by atoms with Crippen molar-refractivity contribution in [1.29, 1.82) is 0 Å². The fourth-order valence-corrected chi connectivity index (χ4v) is 3.72. The fourth-order valence-electron chi connectivity index (χ4n) is 3.72. The first-order chi connectivity index (χ1) is 15.5. The smallest absolute Gasteiger partial charge is 0.257 e. The molecule has 0 radical (unpaired) electrons. The molecule has 0 atom stereocenters. The molecule has 1 N–H and O–H groups in total. The number of aryl methyl sites for hydroxylation is 2. The number of nitrogens with one attached hydrogen (secondary N) is 1. The van der Waals surface area contributed by atoms with E-state index in [0.717, 1.165) is 16.7 Å². The Labute approximate surface area is 184 Å². The maximum absolute atomic E-state index is 13.3. The van der Waals surface area contributed by atoms with E-state index in [1.54, 1.807) is 18.2 Å². The summed E-state index contributed by atoms with van der Waals surface area (Å²) in [6.45, 7) is 3.90. The van der Waals surface area contributed by atoms with Crippen molar-refractivity contribution in [3.63, 3.8) is 0 Å². The zero-order valence-corrected chi connectivity index (χ0v) is 17.7. The lowest BCUT2D eigenvalue weighted by Gasteiger charge is -2.12. The molecule has 2 heterocycles. The number of rotatable bonds is 3. The van der Waals surface area contributed by atoms with Gasteiger partial charge in [0.05, 0.1) is 22.0 Å². The molecule has 1 amide bonds. The minimum atomic E-state index is -0.342. The van der Waals surface area contributed by atoms with E-state index < -0.39 is 0 Å². The summed E-state index contributed by atoms with van der Waals surface area (Å²) in [6.07, 6.45) is 0. The number of fused-ring (bicyclic) bond motifs is 2. The van der Waals surface area contributed by atoms with Crippen LogP contribution >= 0.6 is 0 Å². The lowest BCUT2D eigenvalue weighted by Crippen LogP contribution is -2.15. The van der Waals surface area contributed by atoms with E-state index in [1.165, 1.54) is 0 Å². The molecule has 0 fully saturated rings. The van der Waals surface area contributed by atoms with Crippen LogP contribution in [0.5, 0.6) is 0 Å². The lowest BCUT2D eigenvalue weighted by molar-refractivity contribution is 0.102. The van der Waals surface area contributed by atoms with Crippen molar-refractivity contribution in [2.24, 2.45) is 0 Å². The Morgan fingerprint density at radius 1 is 0.844 bits per heavy atom. The van der Waals surface area contributed by atoms with Gasteiger partial charge < -0.3 is 9.73 Å². The van der Waals surface area contributed by atoms with Gasteiger partial charge in [-0.3, -0.25) is 9.59 Å². The van der Waals surface area contributed by atoms with Crippen molar-refractivity contribution < 1.29 is 9.21 Å². The average Bonchev–Trinajstić information content (AvgIpc) is 2.81. The van der Waals surface area contributed by atoms with Gasteiger partial charge in [0.25, 0.3) is 5.91 Å². The molecule has 32 heavy (non-hydrogen) atoms. The van der Waals surface area contributed by atoms with Crippen molar-refractivity contribution >= 4 is 33.7 Å². The summed E-state index contributed by atoms with van der Waals surface area (Å²) < 4.78 is 5.97. The van der Waals surface area contributed by atoms with Crippen LogP contribution in [0.3, 0.4) is 0 Å². The van der Waals surface area contributed by atoms with Gasteiger partial charge >= 0.3 is 0 Å². The lowest BCUT2D eigenvalue weighted by atomic mass is 10.0. The maximum atomic E-state index is 13.3. The fraction of sp³-hybridized carbons (Fsp3) is 0.0741. The van der Waals surface area contributed by atoms with Gasteiger partial charge in [-0.2, -0.15) is 0 Å². The molecule has 0 saturated heterocycles. The summed E-state index contributed by atoms with van der Waals surface area (Å²) in [5.41, 5.74) is 4.71. The van der Waals surface area contributed by atoms with E-state index in [0.29, 0.717) is 27.9 Å². The number of carbonyl (C=O) groups is 1. The Bertz CT molecular complexity index is 1540. The summed E-state index contributed by atoms with van der Waals surface area (Å²) in [6, 6.07) is 24.0. The van der Waals surface area contributed by atoms with Crippen molar-refractivity contribution in [2.75, 3.05) is 5.32 Å². The minimum Gasteiger partial charge on any atom is -0.437 e. The van der Waals surface area contributed by atoms with Crippen LogP contribution in [-0.4, -0.2) is 10.9 Å². The number of benzene rings is 3. The normalized spacial score (nSPS) is 11.1. The second kappa shape index (κ2) is 7.78. The zero-order chi connectivity index (χ0) is 22.2. The number of carbonyl (C=O) groups excluding carboxylic acids is 1. The van der Waals surface area contributed by atoms with Gasteiger partial charge in [0.1, 0.15) is 5.58 Å². The Balaban J connectivity index is 1.74. The first-order valence-electron chi connectivity index (χ1n) is 10.3. The van der Waals surface area contributed by atoms with Crippen LogP contribution < -0.4 is 10.7 Å². The topological polar surface area (TPSA) is 72.2 Å². The van der Waals surface area contributed by atoms with Gasteiger partial charge in [0, 0.05) is 11.3 Å². The Morgan fingerprint density at radius 2 is 1.56 bits per heavy atom. The highest BCUT2D eigenvalue weighted by Gasteiger charge is 2.19. The standard InChI is InChI=1S/C27H20N2O3/c1-16-8-11-19(12-9-16)28-26(31)21-15-22-25(30)20-14-17(2)10-13-23(20)32-27(22)29-24(21)18-6-4-3-5-7-18/h3-15H,1-2H3,(H,28,31). The van der Waals surface area contributed by atoms with Crippen LogP contribution in [0.2, 0.25) is 0 Å². The summed E-state index contributed by atoms with van der Waals surface area (Å²) in [7, 11) is 0. The van der Waals surface area contributed by atoms with Gasteiger partial charge in [0.15, 0.2) is 0 Å². The van der Waals surface area contributed by atoms with E-state index in [1.807, 2.05) is 74.5 Å². The largest absolute Gasteiger partial charge is 0.437 e. The van der Waals surface area contributed by atoms with Crippen LogP contribution in [-0.2, 0) is 0 Å². The summed E-state index contributed by atoms with van der Waals surface area (Å²) >= 11 is 0. The van der Waals surface area contributed by atoms with Gasteiger partial charge in [-0.05, 0) is 44.2 Å². The van der Waals surface area contributed by atoms with Crippen LogP contribution in [0.4, 0.5) is 5.69 Å². The van der Waals surface area contributed by atoms with E-state index in [-0.39, 0.29) is 22.4 Å². The first-order valence-corrected chi connectivity index (χ1v) is 10.3. The second-order valence-electron chi connectivity index (χ2n) is 7.85. The SMILES string of the molecule is Cc1ccc(NC(=O)c2cc3c(=O)c4cc(C)ccc4oc3nc2-c2ccccc2)cc1. The molecule has 5 aromatic rings. The van der Waals surface area contributed by atoms with E-state index in [4.69, 9.17) is 4.42 Å². The van der Waals surface area contributed by atoms with Crippen molar-refractivity contribution in [3.05, 3.63) is 106 Å². The average molecular weight is 420 g/mol. The minimum absolute atomic E-state index is 0.206. The van der Waals surface area contributed by atoms with Gasteiger partial charge in [-0.1, -0.05) is 59.7 Å². The molecule has 0 bridgehead atoms. The van der Waals surface area contributed by atoms with E-state index in [2.05, 4.69) is 10.3 Å². The number of hydrogen-bond donors (Lipinski definition) is 1. The molecular weight excluding hydrogens is 400 g/mol. The second-order valence-corrected chi connectivity index (χ2v) is 7.85. The summed E-state index contributed by atoms with van der Waals surface area (Å²) in [5, 5.41) is 3.66. The number of anilines is 1. The van der Waals surface area contributed by atoms with Crippen LogP contribution in [0.25, 0.3) is 33.3 Å². The number of hydrogen-bond acceptors (Lipinski definition) is 4. The van der Waals surface area contributed by atoms with Crippen LogP contribution in [0, 0.1) is 13.8 Å². The molecular formula is C27H20N2O3. The third-order valence-corrected chi connectivity index (χ3v) is 5.42. The molecule has 0 saturated carbocycles. The van der Waals surface area contributed by atoms with Crippen LogP contribution in [0.1, 0.15) is 21.5 Å². The predicted molar refractivity (Wildman–Crippen MR) is 127 cm³/mol. The Hall–Kier alpha value is -4.25. The van der Waals surface area contributed by atoms with E-state index in [9.17, 15) is 9.59 Å². The van der Waals surface area contributed by atoms with Gasteiger partial charge in [-0.25, -0.2) is 4.98 Å². The molecule has 3 aromatic carbocycles. The van der Waals surface area contributed by atoms with Crippen molar-refractivity contribution in [3.8, 4) is 11.3 Å².